The van der Waals surface area contributed by atoms with Crippen molar-refractivity contribution in [3.05, 3.63) is 58.4 Å². The van der Waals surface area contributed by atoms with Crippen LogP contribution in [-0.4, -0.2) is 41.5 Å². The number of nitrogens with one attached hydrogen (secondary N) is 1. The summed E-state index contributed by atoms with van der Waals surface area (Å²) in [5.41, 5.74) is -0.0665. The average Bonchev–Trinajstić information content (AvgIpc) is 3.16. The second-order valence-corrected chi connectivity index (χ2v) is 13.3. The van der Waals surface area contributed by atoms with E-state index < -0.39 is 41.2 Å². The molecule has 2 aromatic heterocycles. The quantitative estimate of drug-likeness (QED) is 0.338. The van der Waals surface area contributed by atoms with E-state index in [1.807, 2.05) is 6.92 Å². The third kappa shape index (κ3) is 3.52. The van der Waals surface area contributed by atoms with Crippen molar-refractivity contribution >= 4 is 42.5 Å². The average molecular weight is 520 g/mol. The monoisotopic (exact) mass is 519 g/mol. The summed E-state index contributed by atoms with van der Waals surface area (Å²) in [7, 11) is -7.69. The number of hydrogen-bond donors (Lipinski definition) is 2. The molecule has 1 aromatic carbocycles. The summed E-state index contributed by atoms with van der Waals surface area (Å²) in [6.45, 7) is 3.63. The fourth-order valence-electron chi connectivity index (χ4n) is 5.96. The van der Waals surface area contributed by atoms with Gasteiger partial charge in [0.25, 0.3) is 10.0 Å². The predicted octanol–water partition coefficient (Wildman–Crippen LogP) is 2.89. The van der Waals surface area contributed by atoms with E-state index in [0.29, 0.717) is 31.1 Å². The van der Waals surface area contributed by atoms with Crippen molar-refractivity contribution in [3.8, 4) is 0 Å². The Labute approximate surface area is 202 Å². The normalized spacial score (nSPS) is 24.4. The van der Waals surface area contributed by atoms with Crippen LogP contribution in [0.1, 0.15) is 38.2 Å². The first-order chi connectivity index (χ1) is 16.3. The largest absolute Gasteiger partial charge is 0.373 e. The van der Waals surface area contributed by atoms with Crippen molar-refractivity contribution in [2.75, 3.05) is 5.32 Å². The predicted molar refractivity (Wildman–Crippen MR) is 130 cm³/mol. The van der Waals surface area contributed by atoms with Gasteiger partial charge in [-0.3, -0.25) is 10.1 Å². The lowest BCUT2D eigenvalue weighted by molar-refractivity contribution is -0.384. The molecule has 1 unspecified atom stereocenters. The third-order valence-electron chi connectivity index (χ3n) is 7.35. The van der Waals surface area contributed by atoms with Crippen molar-refractivity contribution in [3.63, 3.8) is 0 Å². The number of sulfonamides is 1. The van der Waals surface area contributed by atoms with E-state index in [2.05, 4.69) is 10.3 Å². The number of hydrogen-bond acceptors (Lipinski definition) is 8. The van der Waals surface area contributed by atoms with Gasteiger partial charge in [0.2, 0.25) is 10.0 Å². The van der Waals surface area contributed by atoms with Crippen LogP contribution < -0.4 is 10.5 Å². The number of nitrogens with two attached hydrogens (primary N) is 1. The van der Waals surface area contributed by atoms with Crippen molar-refractivity contribution in [1.82, 2.24) is 8.96 Å². The highest BCUT2D eigenvalue weighted by Crippen LogP contribution is 2.71. The van der Waals surface area contributed by atoms with Crippen LogP contribution in [0.4, 0.5) is 11.4 Å². The maximum atomic E-state index is 13.3. The molecule has 2 bridgehead atoms. The number of aromatic nitrogens is 2. The molecular formula is C22H25N5O6S2. The highest BCUT2D eigenvalue weighted by Gasteiger charge is 2.72. The fourth-order valence-corrected chi connectivity index (χ4v) is 8.67. The Kier molecular flexibility index (Phi) is 5.07. The van der Waals surface area contributed by atoms with E-state index in [-0.39, 0.29) is 21.9 Å². The maximum Gasteiger partial charge on any atom is 0.311 e. The van der Waals surface area contributed by atoms with Crippen molar-refractivity contribution in [2.45, 2.75) is 55.2 Å². The molecule has 3 N–H and O–H groups in total. The van der Waals surface area contributed by atoms with Gasteiger partial charge in [0, 0.05) is 11.7 Å². The highest BCUT2D eigenvalue weighted by molar-refractivity contribution is 7.90. The van der Waals surface area contributed by atoms with Crippen LogP contribution >= 0.6 is 0 Å². The number of benzene rings is 1. The number of nitro groups is 1. The molecule has 11 nitrogen and oxygen atoms in total. The number of anilines is 1. The van der Waals surface area contributed by atoms with E-state index in [0.717, 1.165) is 15.7 Å². The molecule has 186 valence electrons. The zero-order valence-corrected chi connectivity index (χ0v) is 20.8. The highest BCUT2D eigenvalue weighted by atomic mass is 32.2. The topological polar surface area (TPSA) is 167 Å². The summed E-state index contributed by atoms with van der Waals surface area (Å²) < 4.78 is 51.6. The van der Waals surface area contributed by atoms with Gasteiger partial charge in [0.05, 0.1) is 20.5 Å². The molecule has 0 saturated heterocycles. The number of aryl methyl sites for hydroxylation is 1. The fraction of sp³-hybridized carbons (Fsp3) is 0.409. The summed E-state index contributed by atoms with van der Waals surface area (Å²) >= 11 is 0. The van der Waals surface area contributed by atoms with Crippen LogP contribution in [0.5, 0.6) is 0 Å². The Morgan fingerprint density at radius 3 is 2.34 bits per heavy atom. The molecule has 0 aliphatic heterocycles. The Balaban J connectivity index is 1.52. The summed E-state index contributed by atoms with van der Waals surface area (Å²) in [5, 5.41) is 20.1. The Morgan fingerprint density at radius 1 is 1.17 bits per heavy atom. The lowest BCUT2D eigenvalue weighted by atomic mass is 9.38. The number of nitrogens with zero attached hydrogens (tertiary/aromatic N) is 3. The van der Waals surface area contributed by atoms with Gasteiger partial charge < -0.3 is 5.32 Å². The van der Waals surface area contributed by atoms with Crippen molar-refractivity contribution < 1.29 is 21.8 Å². The van der Waals surface area contributed by atoms with E-state index >= 15 is 0 Å². The second-order valence-electron chi connectivity index (χ2n) is 9.73. The first-order valence-corrected chi connectivity index (χ1v) is 14.1. The van der Waals surface area contributed by atoms with Crippen LogP contribution in [0.3, 0.4) is 0 Å². The van der Waals surface area contributed by atoms with Crippen LogP contribution in [0, 0.1) is 22.5 Å². The molecular weight excluding hydrogens is 494 g/mol. The van der Waals surface area contributed by atoms with Gasteiger partial charge in [-0.25, -0.2) is 30.9 Å². The second kappa shape index (κ2) is 7.48. The molecule has 1 atom stereocenters. The Hall–Kier alpha value is -3.03. The molecule has 6 rings (SSSR count). The SMILES string of the molecule is CCC(C12CC(Nc3c([N+](=O)[O-])cnc4c3ccn4S(=O)(=O)c3ccc(C)cc3)(C1)C2)S(N)(=O)=O. The van der Waals surface area contributed by atoms with Crippen molar-refractivity contribution in [1.29, 1.82) is 0 Å². The summed E-state index contributed by atoms with van der Waals surface area (Å²) in [6, 6.07) is 7.86. The number of rotatable bonds is 8. The molecule has 3 aliphatic rings. The minimum absolute atomic E-state index is 0.0657. The molecule has 3 fully saturated rings. The minimum Gasteiger partial charge on any atom is -0.373 e. The van der Waals surface area contributed by atoms with Gasteiger partial charge in [0.1, 0.15) is 11.9 Å². The van der Waals surface area contributed by atoms with E-state index in [1.54, 1.807) is 19.1 Å². The van der Waals surface area contributed by atoms with E-state index in [4.69, 9.17) is 5.14 Å². The van der Waals surface area contributed by atoms with Crippen molar-refractivity contribution in [2.24, 2.45) is 10.6 Å². The van der Waals surface area contributed by atoms with Gasteiger partial charge in [-0.1, -0.05) is 24.6 Å². The van der Waals surface area contributed by atoms with E-state index in [1.165, 1.54) is 24.4 Å². The lowest BCUT2D eigenvalue weighted by Gasteiger charge is -2.72. The number of primary sulfonamides is 1. The lowest BCUT2D eigenvalue weighted by Crippen LogP contribution is -2.75. The number of fused-ring (bicyclic) bond motifs is 1. The molecule has 0 radical (unpaired) electrons. The molecule has 2 heterocycles. The van der Waals surface area contributed by atoms with Crippen LogP contribution in [0.2, 0.25) is 0 Å². The zero-order chi connectivity index (χ0) is 25.4. The summed E-state index contributed by atoms with van der Waals surface area (Å²) in [6.07, 6.45) is 4.31. The van der Waals surface area contributed by atoms with Crippen LogP contribution in [0.15, 0.2) is 47.6 Å². The van der Waals surface area contributed by atoms with Gasteiger partial charge in [-0.05, 0) is 56.2 Å². The van der Waals surface area contributed by atoms with Gasteiger partial charge in [-0.15, -0.1) is 0 Å². The first kappa shape index (κ1) is 23.7. The van der Waals surface area contributed by atoms with Crippen LogP contribution in [0.25, 0.3) is 11.0 Å². The zero-order valence-electron chi connectivity index (χ0n) is 19.1. The first-order valence-electron chi connectivity index (χ1n) is 11.1. The molecule has 0 amide bonds. The molecule has 3 aromatic rings. The minimum atomic E-state index is -3.98. The standard InChI is InChI=1S/C22H25N5O6S2/c1-3-18(34(23,30)31)21-11-22(12-21,13-21)25-19-16-8-9-26(20(16)24-10-17(19)27(28)29)35(32,33)15-6-4-14(2)5-7-15/h4-10,18H,3,11-13H2,1-2H3,(H,24,25)(H2,23,30,31). The number of pyridine rings is 1. The van der Waals surface area contributed by atoms with E-state index in [9.17, 15) is 26.9 Å². The van der Waals surface area contributed by atoms with Gasteiger partial charge in [0.15, 0.2) is 5.65 Å². The summed E-state index contributed by atoms with van der Waals surface area (Å²) in [5.74, 6) is 0. The Morgan fingerprint density at radius 2 is 1.80 bits per heavy atom. The Bertz CT molecular complexity index is 1560. The maximum absolute atomic E-state index is 13.3. The van der Waals surface area contributed by atoms with Crippen LogP contribution in [-0.2, 0) is 20.0 Å². The smallest absolute Gasteiger partial charge is 0.311 e. The molecule has 0 spiro atoms. The van der Waals surface area contributed by atoms with Gasteiger partial charge in [-0.2, -0.15) is 0 Å². The summed E-state index contributed by atoms with van der Waals surface area (Å²) in [4.78, 5) is 15.4. The molecule has 35 heavy (non-hydrogen) atoms. The van der Waals surface area contributed by atoms with Gasteiger partial charge >= 0.3 is 5.69 Å². The molecule has 3 aliphatic carbocycles. The third-order valence-corrected chi connectivity index (χ3v) is 10.7. The molecule has 3 saturated carbocycles. The molecule has 13 heteroatoms.